The van der Waals surface area contributed by atoms with Gasteiger partial charge in [0.15, 0.2) is 11.8 Å². The summed E-state index contributed by atoms with van der Waals surface area (Å²) >= 11 is 6.25. The van der Waals surface area contributed by atoms with Crippen LogP contribution in [0.2, 0.25) is 5.02 Å². The van der Waals surface area contributed by atoms with Gasteiger partial charge in [0.2, 0.25) is 0 Å². The van der Waals surface area contributed by atoms with Gasteiger partial charge in [0, 0.05) is 35.7 Å². The monoisotopic (exact) mass is 651 g/mol. The molecule has 0 amide bonds. The summed E-state index contributed by atoms with van der Waals surface area (Å²) in [4.78, 5) is 36.2. The molecule has 0 spiro atoms. The van der Waals surface area contributed by atoms with Crippen LogP contribution in [0.4, 0.5) is 4.39 Å². The van der Waals surface area contributed by atoms with Gasteiger partial charge in [-0.2, -0.15) is 4.98 Å². The molecule has 10 N–H and O–H groups in total. The number of carbonyl (C=O) groups excluding carboxylic acids is 1. The number of carbonyl (C=O) groups is 1. The van der Waals surface area contributed by atoms with E-state index >= 15 is 4.39 Å². The van der Waals surface area contributed by atoms with E-state index in [0.717, 1.165) is 30.4 Å². The fourth-order valence-electron chi connectivity index (χ4n) is 5.36. The van der Waals surface area contributed by atoms with E-state index in [9.17, 15) is 9.59 Å². The van der Waals surface area contributed by atoms with Crippen molar-refractivity contribution >= 4 is 34.4 Å². The first-order valence-corrected chi connectivity index (χ1v) is 15.8. The van der Waals surface area contributed by atoms with Crippen LogP contribution in [0.3, 0.4) is 0 Å². The molecule has 13 heteroatoms. The Labute approximate surface area is 272 Å². The van der Waals surface area contributed by atoms with E-state index in [2.05, 4.69) is 20.3 Å². The fraction of sp³-hybridized carbons (Fsp3) is 0.394. The standard InChI is InChI=1S/C33H43ClFN9O2/c1-19(37)4-3-5-21-14-27(30(35)28(34)15-21)29-16-23-18-44(33(46)43-31(23)42-29)25-9-6-22(7-10-25)20(2)40-13-12-24(41-32(38)39)8-11-26(45)17-36/h6-7,9-10,14-16,18-20,24,40H,3-5,8,11-13,17,36-37H2,1-2H3,(H4,38,39,41)(H,42,43,46)/t19-,20-,24-/m0/s1. The number of fused-ring (bicyclic) bond motifs is 1. The highest BCUT2D eigenvalue weighted by atomic mass is 35.5. The summed E-state index contributed by atoms with van der Waals surface area (Å²) in [7, 11) is 0. The Morgan fingerprint density at radius 3 is 2.54 bits per heavy atom. The molecule has 2 aromatic heterocycles. The smallest absolute Gasteiger partial charge is 0.354 e. The molecular weight excluding hydrogens is 609 g/mol. The number of guanidine groups is 1. The molecule has 46 heavy (non-hydrogen) atoms. The van der Waals surface area contributed by atoms with E-state index in [1.165, 1.54) is 4.57 Å². The predicted octanol–water partition coefficient (Wildman–Crippen LogP) is 3.83. The Bertz CT molecular complexity index is 1730. The van der Waals surface area contributed by atoms with Gasteiger partial charge < -0.3 is 33.2 Å². The first kappa shape index (κ1) is 34.8. The van der Waals surface area contributed by atoms with Crippen molar-refractivity contribution in [2.45, 2.75) is 70.5 Å². The molecule has 3 atom stereocenters. The summed E-state index contributed by atoms with van der Waals surface area (Å²) in [6.07, 6.45) is 5.62. The lowest BCUT2D eigenvalue weighted by atomic mass is 10.0. The highest BCUT2D eigenvalue weighted by Crippen LogP contribution is 2.31. The van der Waals surface area contributed by atoms with Crippen molar-refractivity contribution in [2.75, 3.05) is 13.1 Å². The first-order chi connectivity index (χ1) is 21.9. The second kappa shape index (κ2) is 15.9. The number of aromatic amines is 1. The van der Waals surface area contributed by atoms with Crippen LogP contribution in [0.25, 0.3) is 28.0 Å². The number of hydrogen-bond acceptors (Lipinski definition) is 7. The first-order valence-electron chi connectivity index (χ1n) is 15.5. The van der Waals surface area contributed by atoms with E-state index in [-0.39, 0.29) is 41.4 Å². The van der Waals surface area contributed by atoms with Gasteiger partial charge in [-0.05, 0) is 94.0 Å². The third-order valence-corrected chi connectivity index (χ3v) is 8.20. The van der Waals surface area contributed by atoms with Crippen LogP contribution in [0.1, 0.15) is 63.1 Å². The SMILES string of the molecule is C[C@H](N)CCCc1cc(Cl)c(F)c(-c2cc3cn(-c4ccc([C@H](C)NCC[C@H](CCC(=O)CN)N=C(N)N)cc4)c(=O)nc3[nH]2)c1. The second-order valence-corrected chi connectivity index (χ2v) is 12.1. The number of H-pyrrole nitrogens is 1. The van der Waals surface area contributed by atoms with Crippen molar-refractivity contribution < 1.29 is 9.18 Å². The van der Waals surface area contributed by atoms with Gasteiger partial charge in [-0.3, -0.25) is 14.4 Å². The molecule has 2 aromatic carbocycles. The number of aromatic nitrogens is 3. The van der Waals surface area contributed by atoms with Crippen molar-refractivity contribution in [1.82, 2.24) is 19.9 Å². The minimum absolute atomic E-state index is 0.000302. The highest BCUT2D eigenvalue weighted by Gasteiger charge is 2.16. The molecule has 0 aliphatic rings. The number of aryl methyl sites for hydroxylation is 1. The Morgan fingerprint density at radius 2 is 1.87 bits per heavy atom. The fourth-order valence-corrected chi connectivity index (χ4v) is 5.60. The number of nitrogens with one attached hydrogen (secondary N) is 2. The minimum atomic E-state index is -0.536. The summed E-state index contributed by atoms with van der Waals surface area (Å²) in [6.45, 7) is 4.61. The van der Waals surface area contributed by atoms with Gasteiger partial charge in [-0.1, -0.05) is 23.7 Å². The summed E-state index contributed by atoms with van der Waals surface area (Å²) in [5, 5.41) is 4.14. The average molecular weight is 652 g/mol. The van der Waals surface area contributed by atoms with Crippen LogP contribution in [-0.2, 0) is 11.2 Å². The number of aliphatic imine (C=N–C) groups is 1. The van der Waals surface area contributed by atoms with Crippen LogP contribution in [0, 0.1) is 5.82 Å². The third-order valence-electron chi connectivity index (χ3n) is 7.93. The van der Waals surface area contributed by atoms with Gasteiger partial charge >= 0.3 is 5.69 Å². The zero-order valence-corrected chi connectivity index (χ0v) is 27.0. The summed E-state index contributed by atoms with van der Waals surface area (Å²) in [5.41, 5.74) is 25.7. The minimum Gasteiger partial charge on any atom is -0.370 e. The largest absolute Gasteiger partial charge is 0.370 e. The predicted molar refractivity (Wildman–Crippen MR) is 183 cm³/mol. The van der Waals surface area contributed by atoms with Crippen LogP contribution in [-0.4, -0.2) is 51.5 Å². The Balaban J connectivity index is 1.46. The maximum absolute atomic E-state index is 15.1. The van der Waals surface area contributed by atoms with Crippen molar-refractivity contribution in [3.8, 4) is 16.9 Å². The van der Waals surface area contributed by atoms with Gasteiger partial charge in [-0.25, -0.2) is 9.18 Å². The Kier molecular flexibility index (Phi) is 12.1. The summed E-state index contributed by atoms with van der Waals surface area (Å²) < 4.78 is 16.6. The quantitative estimate of drug-likeness (QED) is 0.0776. The maximum atomic E-state index is 15.1. The van der Waals surface area contributed by atoms with Gasteiger partial charge in [0.05, 0.1) is 29.0 Å². The Morgan fingerprint density at radius 1 is 1.13 bits per heavy atom. The lowest BCUT2D eigenvalue weighted by Gasteiger charge is -2.17. The molecule has 0 bridgehead atoms. The van der Waals surface area contributed by atoms with Gasteiger partial charge in [0.1, 0.15) is 11.4 Å². The molecule has 0 aliphatic heterocycles. The molecule has 4 aromatic rings. The van der Waals surface area contributed by atoms with Crippen molar-refractivity contribution in [3.63, 3.8) is 0 Å². The normalized spacial score (nSPS) is 13.4. The van der Waals surface area contributed by atoms with E-state index in [4.69, 9.17) is 34.5 Å². The molecule has 2 heterocycles. The van der Waals surface area contributed by atoms with Crippen LogP contribution >= 0.6 is 11.6 Å². The summed E-state index contributed by atoms with van der Waals surface area (Å²) in [6, 6.07) is 12.7. The van der Waals surface area contributed by atoms with Crippen LogP contribution in [0.15, 0.2) is 58.4 Å². The molecule has 0 saturated heterocycles. The number of Topliss-reactive ketones (excluding diaryl/α,β-unsaturated/α-hetero) is 1. The average Bonchev–Trinajstić information content (AvgIpc) is 3.42. The maximum Gasteiger partial charge on any atom is 0.354 e. The molecule has 0 aliphatic carbocycles. The van der Waals surface area contributed by atoms with Crippen molar-refractivity contribution in [3.05, 3.63) is 81.1 Å². The van der Waals surface area contributed by atoms with E-state index in [1.54, 1.807) is 24.4 Å². The zero-order valence-electron chi connectivity index (χ0n) is 26.2. The number of ketones is 1. The lowest BCUT2D eigenvalue weighted by molar-refractivity contribution is -0.117. The lowest BCUT2D eigenvalue weighted by Crippen LogP contribution is -2.28. The second-order valence-electron chi connectivity index (χ2n) is 11.7. The molecule has 0 saturated carbocycles. The van der Waals surface area contributed by atoms with Gasteiger partial charge in [0.25, 0.3) is 0 Å². The highest BCUT2D eigenvalue weighted by molar-refractivity contribution is 6.31. The van der Waals surface area contributed by atoms with E-state index in [0.29, 0.717) is 53.8 Å². The molecule has 0 radical (unpaired) electrons. The van der Waals surface area contributed by atoms with Crippen LogP contribution in [0.5, 0.6) is 0 Å². The summed E-state index contributed by atoms with van der Waals surface area (Å²) in [5.74, 6) is -0.580. The number of nitrogens with two attached hydrogens (primary N) is 4. The Hall–Kier alpha value is -4.10. The number of hydrogen-bond donors (Lipinski definition) is 6. The molecular formula is C33H43ClFN9O2. The molecule has 0 unspecified atom stereocenters. The third kappa shape index (κ3) is 9.23. The van der Waals surface area contributed by atoms with E-state index < -0.39 is 11.5 Å². The number of halogens is 2. The zero-order chi connectivity index (χ0) is 33.4. The number of nitrogens with zero attached hydrogens (tertiary/aromatic N) is 3. The van der Waals surface area contributed by atoms with Crippen molar-refractivity contribution in [2.24, 2.45) is 27.9 Å². The number of benzene rings is 2. The number of rotatable bonds is 16. The molecule has 4 rings (SSSR count). The van der Waals surface area contributed by atoms with Gasteiger partial charge in [-0.15, -0.1) is 0 Å². The molecule has 0 fully saturated rings. The molecule has 11 nitrogen and oxygen atoms in total. The van der Waals surface area contributed by atoms with E-state index in [1.807, 2.05) is 38.1 Å². The molecule has 246 valence electrons. The van der Waals surface area contributed by atoms with Crippen LogP contribution < -0.4 is 33.9 Å². The van der Waals surface area contributed by atoms with Crippen molar-refractivity contribution in [1.29, 1.82) is 0 Å². The topological polar surface area (TPSA) is 196 Å².